The number of carbonyl (C=O) groups excluding carboxylic acids is 1. The third kappa shape index (κ3) is 2.67. The molecule has 0 atom stereocenters. The van der Waals surface area contributed by atoms with E-state index in [4.69, 9.17) is 16.3 Å². The normalized spacial score (nSPS) is 10.8. The summed E-state index contributed by atoms with van der Waals surface area (Å²) >= 11 is 5.57. The Morgan fingerprint density at radius 3 is 2.89 bits per heavy atom. The highest BCUT2D eigenvalue weighted by Gasteiger charge is 2.14. The predicted molar refractivity (Wildman–Crippen MR) is 73.2 cm³/mol. The predicted octanol–water partition coefficient (Wildman–Crippen LogP) is 3.35. The Balaban J connectivity index is 2.13. The van der Waals surface area contributed by atoms with Gasteiger partial charge in [0.15, 0.2) is 0 Å². The van der Waals surface area contributed by atoms with E-state index in [1.54, 1.807) is 0 Å². The lowest BCUT2D eigenvalue weighted by Crippen LogP contribution is -2.06. The van der Waals surface area contributed by atoms with E-state index in [2.05, 4.69) is 0 Å². The number of alkyl halides is 1. The smallest absolute Gasteiger partial charge is 0.340 e. The van der Waals surface area contributed by atoms with Crippen LogP contribution in [-0.2, 0) is 11.8 Å². The molecule has 96 valence electrons. The largest absolute Gasteiger partial charge is 0.462 e. The average molecular weight is 266 g/mol. The van der Waals surface area contributed by atoms with Crippen LogP contribution in [-0.4, -0.2) is 23.0 Å². The molecule has 2 aromatic rings. The quantitative estimate of drug-likeness (QED) is 0.472. The van der Waals surface area contributed by atoms with E-state index >= 15 is 0 Å². The molecule has 0 saturated carbocycles. The lowest BCUT2D eigenvalue weighted by molar-refractivity contribution is 0.0502. The highest BCUT2D eigenvalue weighted by Crippen LogP contribution is 2.20. The summed E-state index contributed by atoms with van der Waals surface area (Å²) in [4.78, 5) is 12.0. The molecule has 0 amide bonds. The number of ether oxygens (including phenoxy) is 1. The van der Waals surface area contributed by atoms with Crippen molar-refractivity contribution >= 4 is 28.5 Å². The van der Waals surface area contributed by atoms with Gasteiger partial charge in [0.05, 0.1) is 12.2 Å². The third-order valence-corrected chi connectivity index (χ3v) is 3.15. The molecule has 3 nitrogen and oxygen atoms in total. The average Bonchev–Trinajstić information content (AvgIpc) is 2.73. The minimum absolute atomic E-state index is 0.263. The highest BCUT2D eigenvalue weighted by atomic mass is 35.5. The lowest BCUT2D eigenvalue weighted by atomic mass is 10.2. The zero-order chi connectivity index (χ0) is 13.0. The van der Waals surface area contributed by atoms with Crippen LogP contribution in [0.1, 0.15) is 23.2 Å². The summed E-state index contributed by atoms with van der Waals surface area (Å²) in [6.07, 6.45) is 3.49. The van der Waals surface area contributed by atoms with Gasteiger partial charge >= 0.3 is 5.97 Å². The molecular weight excluding hydrogens is 250 g/mol. The summed E-state index contributed by atoms with van der Waals surface area (Å²) in [7, 11) is 1.92. The van der Waals surface area contributed by atoms with E-state index in [9.17, 15) is 4.79 Å². The number of hydrogen-bond acceptors (Lipinski definition) is 2. The van der Waals surface area contributed by atoms with Crippen LogP contribution in [0.3, 0.4) is 0 Å². The molecule has 1 heterocycles. The molecule has 0 N–H and O–H groups in total. The van der Waals surface area contributed by atoms with Gasteiger partial charge in [-0.3, -0.25) is 0 Å². The Bertz CT molecular complexity index is 548. The van der Waals surface area contributed by atoms with Crippen LogP contribution in [0.2, 0.25) is 0 Å². The van der Waals surface area contributed by atoms with E-state index in [-0.39, 0.29) is 5.97 Å². The number of unbranched alkanes of at least 4 members (excludes halogenated alkanes) is 1. The second-order valence-electron chi connectivity index (χ2n) is 4.20. The van der Waals surface area contributed by atoms with Gasteiger partial charge in [-0.15, -0.1) is 11.6 Å². The van der Waals surface area contributed by atoms with Crippen LogP contribution in [0.15, 0.2) is 30.5 Å². The highest BCUT2D eigenvalue weighted by molar-refractivity contribution is 6.17. The van der Waals surface area contributed by atoms with Gasteiger partial charge in [-0.05, 0) is 18.9 Å². The van der Waals surface area contributed by atoms with E-state index in [0.717, 1.165) is 23.7 Å². The fourth-order valence-corrected chi connectivity index (χ4v) is 2.13. The van der Waals surface area contributed by atoms with Crippen molar-refractivity contribution in [2.24, 2.45) is 7.05 Å². The molecule has 4 heteroatoms. The topological polar surface area (TPSA) is 31.2 Å². The Morgan fingerprint density at radius 1 is 1.33 bits per heavy atom. The number of halogens is 1. The van der Waals surface area contributed by atoms with Crippen molar-refractivity contribution < 1.29 is 9.53 Å². The van der Waals surface area contributed by atoms with Gasteiger partial charge < -0.3 is 9.30 Å². The third-order valence-electron chi connectivity index (χ3n) is 2.88. The van der Waals surface area contributed by atoms with E-state index < -0.39 is 0 Å². The standard InChI is InChI=1S/C14H16ClNO2/c1-16-10-12(11-6-2-3-7-13(11)16)14(17)18-9-5-4-8-15/h2-3,6-7,10H,4-5,8-9H2,1H3. The number of benzene rings is 1. The summed E-state index contributed by atoms with van der Waals surface area (Å²) in [6, 6.07) is 7.80. The zero-order valence-corrected chi connectivity index (χ0v) is 11.1. The number of rotatable bonds is 5. The number of nitrogens with zero attached hydrogens (tertiary/aromatic N) is 1. The van der Waals surface area contributed by atoms with Crippen LogP contribution in [0.5, 0.6) is 0 Å². The fraction of sp³-hybridized carbons (Fsp3) is 0.357. The first-order valence-corrected chi connectivity index (χ1v) is 6.54. The number of para-hydroxylation sites is 1. The molecule has 0 spiro atoms. The van der Waals surface area contributed by atoms with Crippen LogP contribution < -0.4 is 0 Å². The molecule has 2 rings (SSSR count). The van der Waals surface area contributed by atoms with Crippen LogP contribution in [0.4, 0.5) is 0 Å². The monoisotopic (exact) mass is 265 g/mol. The number of aryl methyl sites for hydroxylation is 1. The molecule has 18 heavy (non-hydrogen) atoms. The van der Waals surface area contributed by atoms with Gasteiger partial charge in [-0.25, -0.2) is 4.79 Å². The number of esters is 1. The van der Waals surface area contributed by atoms with Gasteiger partial charge in [-0.1, -0.05) is 18.2 Å². The molecule has 0 bridgehead atoms. The van der Waals surface area contributed by atoms with Crippen molar-refractivity contribution in [2.45, 2.75) is 12.8 Å². The van der Waals surface area contributed by atoms with Crippen molar-refractivity contribution in [1.29, 1.82) is 0 Å². The zero-order valence-electron chi connectivity index (χ0n) is 10.4. The second-order valence-corrected chi connectivity index (χ2v) is 4.58. The van der Waals surface area contributed by atoms with Crippen molar-refractivity contribution in [2.75, 3.05) is 12.5 Å². The molecule has 1 aromatic heterocycles. The van der Waals surface area contributed by atoms with Gasteiger partial charge in [-0.2, -0.15) is 0 Å². The molecule has 0 unspecified atom stereocenters. The number of carbonyl (C=O) groups is 1. The van der Waals surface area contributed by atoms with Gasteiger partial charge in [0.1, 0.15) is 0 Å². The number of fused-ring (bicyclic) bond motifs is 1. The van der Waals surface area contributed by atoms with Crippen molar-refractivity contribution in [1.82, 2.24) is 4.57 Å². The van der Waals surface area contributed by atoms with Crippen molar-refractivity contribution in [3.05, 3.63) is 36.0 Å². The maximum atomic E-state index is 12.0. The molecule has 1 aromatic carbocycles. The number of aromatic nitrogens is 1. The molecule has 0 aliphatic carbocycles. The molecule has 0 fully saturated rings. The summed E-state index contributed by atoms with van der Waals surface area (Å²) in [6.45, 7) is 0.425. The minimum Gasteiger partial charge on any atom is -0.462 e. The number of hydrogen-bond donors (Lipinski definition) is 0. The molecule has 0 radical (unpaired) electrons. The van der Waals surface area contributed by atoms with Gasteiger partial charge in [0.2, 0.25) is 0 Å². The summed E-state index contributed by atoms with van der Waals surface area (Å²) in [5, 5.41) is 0.933. The summed E-state index contributed by atoms with van der Waals surface area (Å²) < 4.78 is 7.18. The fourth-order valence-electron chi connectivity index (χ4n) is 1.94. The Hall–Kier alpha value is -1.48. The molecule has 0 aliphatic heterocycles. The summed E-state index contributed by atoms with van der Waals surface area (Å²) in [5.41, 5.74) is 1.66. The second kappa shape index (κ2) is 5.91. The van der Waals surface area contributed by atoms with Gasteiger partial charge in [0, 0.05) is 30.0 Å². The van der Waals surface area contributed by atoms with Gasteiger partial charge in [0.25, 0.3) is 0 Å². The minimum atomic E-state index is -0.263. The van der Waals surface area contributed by atoms with E-state index in [1.165, 1.54) is 0 Å². The van der Waals surface area contributed by atoms with E-state index in [0.29, 0.717) is 18.1 Å². The molecular formula is C14H16ClNO2. The van der Waals surface area contributed by atoms with Crippen LogP contribution in [0, 0.1) is 0 Å². The Kier molecular flexibility index (Phi) is 4.26. The summed E-state index contributed by atoms with van der Waals surface area (Å²) in [5.74, 6) is 0.340. The maximum absolute atomic E-state index is 12.0. The Morgan fingerprint density at radius 2 is 2.11 bits per heavy atom. The van der Waals surface area contributed by atoms with E-state index in [1.807, 2.05) is 42.1 Å². The first-order valence-electron chi connectivity index (χ1n) is 6.01. The van der Waals surface area contributed by atoms with Crippen LogP contribution >= 0.6 is 11.6 Å². The Labute approximate surface area is 111 Å². The lowest BCUT2D eigenvalue weighted by Gasteiger charge is -2.02. The van der Waals surface area contributed by atoms with Crippen molar-refractivity contribution in [3.8, 4) is 0 Å². The first-order chi connectivity index (χ1) is 8.74. The SMILES string of the molecule is Cn1cc(C(=O)OCCCCCl)c2ccccc21. The van der Waals surface area contributed by atoms with Crippen molar-refractivity contribution in [3.63, 3.8) is 0 Å². The maximum Gasteiger partial charge on any atom is 0.340 e. The molecule has 0 aliphatic rings. The first kappa shape index (κ1) is 13.0. The van der Waals surface area contributed by atoms with Crippen LogP contribution in [0.25, 0.3) is 10.9 Å². The molecule has 0 saturated heterocycles.